The highest BCUT2D eigenvalue weighted by Crippen LogP contribution is 2.38. The van der Waals surface area contributed by atoms with Crippen molar-refractivity contribution in [3.05, 3.63) is 38.9 Å². The van der Waals surface area contributed by atoms with Gasteiger partial charge in [-0.15, -0.1) is 4.72 Å². The van der Waals surface area contributed by atoms with Gasteiger partial charge in [0.05, 0.1) is 24.0 Å². The van der Waals surface area contributed by atoms with Crippen LogP contribution in [-0.2, 0) is 26.4 Å². The average Bonchev–Trinajstić information content (AvgIpc) is 2.45. The topological polar surface area (TPSA) is 105 Å². The molecule has 1 unspecified atom stereocenters. The molecule has 0 spiro atoms. The monoisotopic (exact) mass is 376 g/mol. The number of ether oxygens (including phenoxy) is 1. The summed E-state index contributed by atoms with van der Waals surface area (Å²) >= 11 is 4.64. The standard InChI is InChI=1S/C15H21ClN2O5S/c1-14(2,3)24(22)17-15(4,9-12(19)23-5)10-7-6-8-11(13(10)16)18(20)21/h6-8,17H,9H2,1-5H3/t15?,24-/m1/s1. The first-order chi connectivity index (χ1) is 10.9. The van der Waals surface area contributed by atoms with Crippen LogP contribution in [0.3, 0.4) is 0 Å². The van der Waals surface area contributed by atoms with Gasteiger partial charge in [0.2, 0.25) is 0 Å². The third-order valence-corrected chi connectivity index (χ3v) is 5.51. The number of halogens is 1. The van der Waals surface area contributed by atoms with E-state index in [1.807, 2.05) is 0 Å². The number of hydrogen-bond acceptors (Lipinski definition) is 6. The Morgan fingerprint density at radius 1 is 1.38 bits per heavy atom. The van der Waals surface area contributed by atoms with Crippen LogP contribution in [0.25, 0.3) is 0 Å². The Kier molecular flexibility index (Phi) is 6.63. The van der Waals surface area contributed by atoms with Crippen LogP contribution in [0.4, 0.5) is 5.69 Å². The molecular formula is C15H21ClN2O5S. The lowest BCUT2D eigenvalue weighted by molar-refractivity contribution is -0.384. The predicted octanol–water partition coefficient (Wildman–Crippen LogP) is 3.08. The number of carbonyl (C=O) groups excluding carboxylic acids is 1. The number of nitrogens with one attached hydrogen (secondary N) is 1. The van der Waals surface area contributed by atoms with Gasteiger partial charge in [-0.05, 0) is 27.7 Å². The summed E-state index contributed by atoms with van der Waals surface area (Å²) < 4.78 is 19.5. The highest BCUT2D eigenvalue weighted by Gasteiger charge is 2.41. The van der Waals surface area contributed by atoms with Crippen LogP contribution >= 0.6 is 11.6 Å². The van der Waals surface area contributed by atoms with Gasteiger partial charge in [-0.3, -0.25) is 14.9 Å². The van der Waals surface area contributed by atoms with Crippen molar-refractivity contribution in [2.75, 3.05) is 7.11 Å². The number of carbonyl (C=O) groups is 1. The maximum absolute atomic E-state index is 12.5. The van der Waals surface area contributed by atoms with Crippen molar-refractivity contribution in [1.82, 2.24) is 4.72 Å². The van der Waals surface area contributed by atoms with Gasteiger partial charge >= 0.3 is 5.97 Å². The average molecular weight is 377 g/mol. The van der Waals surface area contributed by atoms with Crippen LogP contribution in [0.5, 0.6) is 0 Å². The third kappa shape index (κ3) is 4.83. The molecule has 0 fully saturated rings. The quantitative estimate of drug-likeness (QED) is 0.354. The zero-order valence-corrected chi connectivity index (χ0v) is 15.8. The Balaban J connectivity index is 3.41. The smallest absolute Gasteiger partial charge is 0.307 e. The van der Waals surface area contributed by atoms with E-state index in [0.717, 1.165) is 0 Å². The summed E-state index contributed by atoms with van der Waals surface area (Å²) in [6.07, 6.45) is -0.188. The van der Waals surface area contributed by atoms with E-state index >= 15 is 0 Å². The Bertz CT molecular complexity index is 635. The Labute approximate surface area is 149 Å². The summed E-state index contributed by atoms with van der Waals surface area (Å²) in [5.41, 5.74) is -1.18. The first-order valence-corrected chi connectivity index (χ1v) is 8.65. The molecule has 0 saturated carbocycles. The van der Waals surface area contributed by atoms with Crippen molar-refractivity contribution in [3.8, 4) is 0 Å². The number of nitrogens with zero attached hydrogens (tertiary/aromatic N) is 1. The van der Waals surface area contributed by atoms with Crippen molar-refractivity contribution < 1.29 is 19.0 Å². The van der Waals surface area contributed by atoms with E-state index in [9.17, 15) is 19.5 Å². The molecule has 0 amide bonds. The normalized spacial score (nSPS) is 15.5. The molecule has 1 aromatic rings. The lowest BCUT2D eigenvalue weighted by Crippen LogP contribution is -2.51. The zero-order chi connectivity index (χ0) is 18.7. The van der Waals surface area contributed by atoms with Gasteiger partial charge in [-0.1, -0.05) is 23.7 Å². The molecule has 7 nitrogen and oxygen atoms in total. The van der Waals surface area contributed by atoms with E-state index in [1.165, 1.54) is 19.2 Å². The van der Waals surface area contributed by atoms with Crippen LogP contribution in [0, 0.1) is 10.1 Å². The molecule has 9 heteroatoms. The fraction of sp³-hybridized carbons (Fsp3) is 0.533. The fourth-order valence-electron chi connectivity index (χ4n) is 1.99. The second-order valence-corrected chi connectivity index (χ2v) is 8.81. The second-order valence-electron chi connectivity index (χ2n) is 6.46. The summed E-state index contributed by atoms with van der Waals surface area (Å²) in [4.78, 5) is 22.3. The van der Waals surface area contributed by atoms with Gasteiger partial charge in [0.15, 0.2) is 0 Å². The summed E-state index contributed by atoms with van der Waals surface area (Å²) in [5.74, 6) is -0.557. The van der Waals surface area contributed by atoms with Crippen LogP contribution < -0.4 is 4.72 Å². The van der Waals surface area contributed by atoms with Gasteiger partial charge in [0.1, 0.15) is 9.77 Å². The summed E-state index contributed by atoms with van der Waals surface area (Å²) in [6, 6.07) is 4.30. The van der Waals surface area contributed by atoms with Gasteiger partial charge < -0.3 is 9.29 Å². The van der Waals surface area contributed by atoms with Crippen molar-refractivity contribution in [1.29, 1.82) is 0 Å². The molecule has 0 aliphatic carbocycles. The summed E-state index contributed by atoms with van der Waals surface area (Å²) in [7, 11) is 1.23. The van der Waals surface area contributed by atoms with E-state index < -0.39 is 32.5 Å². The molecule has 24 heavy (non-hydrogen) atoms. The predicted molar refractivity (Wildman–Crippen MR) is 93.1 cm³/mol. The highest BCUT2D eigenvalue weighted by molar-refractivity contribution is 7.90. The minimum Gasteiger partial charge on any atom is -0.598 e. The van der Waals surface area contributed by atoms with Crippen LogP contribution in [-0.4, -0.2) is 27.3 Å². The first kappa shape index (κ1) is 20.7. The molecule has 1 N–H and O–H groups in total. The van der Waals surface area contributed by atoms with E-state index in [4.69, 9.17) is 16.3 Å². The molecule has 0 saturated heterocycles. The fourth-order valence-corrected chi connectivity index (χ4v) is 3.29. The van der Waals surface area contributed by atoms with Gasteiger partial charge in [0.25, 0.3) is 5.69 Å². The molecule has 0 aliphatic heterocycles. The minimum atomic E-state index is -1.54. The van der Waals surface area contributed by atoms with Crippen LogP contribution in [0.2, 0.25) is 5.02 Å². The summed E-state index contributed by atoms with van der Waals surface area (Å²) in [5, 5.41) is 11.0. The Morgan fingerprint density at radius 3 is 2.42 bits per heavy atom. The van der Waals surface area contributed by atoms with Crippen molar-refractivity contribution in [3.63, 3.8) is 0 Å². The molecule has 1 rings (SSSR count). The third-order valence-electron chi connectivity index (χ3n) is 3.37. The van der Waals surface area contributed by atoms with Crippen molar-refractivity contribution in [2.45, 2.75) is 44.4 Å². The van der Waals surface area contributed by atoms with Gasteiger partial charge in [-0.2, -0.15) is 0 Å². The van der Waals surface area contributed by atoms with Crippen LogP contribution in [0.15, 0.2) is 18.2 Å². The number of methoxy groups -OCH3 is 1. The maximum atomic E-state index is 12.5. The number of rotatable bonds is 6. The molecule has 0 heterocycles. The zero-order valence-electron chi connectivity index (χ0n) is 14.2. The number of hydrogen-bond donors (Lipinski definition) is 1. The lowest BCUT2D eigenvalue weighted by Gasteiger charge is -2.34. The largest absolute Gasteiger partial charge is 0.598 e. The molecular weight excluding hydrogens is 356 g/mol. The molecule has 0 aliphatic rings. The molecule has 0 aromatic heterocycles. The maximum Gasteiger partial charge on any atom is 0.307 e. The lowest BCUT2D eigenvalue weighted by atomic mass is 9.89. The number of nitro groups is 1. The molecule has 1 aromatic carbocycles. The second kappa shape index (κ2) is 7.69. The van der Waals surface area contributed by atoms with Crippen molar-refractivity contribution >= 4 is 34.6 Å². The number of esters is 1. The molecule has 0 radical (unpaired) electrons. The van der Waals surface area contributed by atoms with E-state index in [2.05, 4.69) is 4.72 Å². The Hall–Kier alpha value is -1.35. The van der Waals surface area contributed by atoms with Crippen molar-refractivity contribution in [2.24, 2.45) is 0 Å². The summed E-state index contributed by atoms with van der Waals surface area (Å²) in [6.45, 7) is 6.91. The molecule has 2 atom stereocenters. The highest BCUT2D eigenvalue weighted by atomic mass is 35.5. The van der Waals surface area contributed by atoms with E-state index in [1.54, 1.807) is 33.8 Å². The molecule has 134 valence electrons. The number of nitro benzene ring substituents is 1. The van der Waals surface area contributed by atoms with E-state index in [-0.39, 0.29) is 17.1 Å². The van der Waals surface area contributed by atoms with Crippen LogP contribution in [0.1, 0.15) is 39.7 Å². The molecule has 0 bridgehead atoms. The minimum absolute atomic E-state index is 0.104. The number of benzene rings is 1. The first-order valence-electron chi connectivity index (χ1n) is 7.12. The van der Waals surface area contributed by atoms with Gasteiger partial charge in [-0.25, -0.2) is 0 Å². The van der Waals surface area contributed by atoms with E-state index in [0.29, 0.717) is 5.56 Å². The Morgan fingerprint density at radius 2 is 1.96 bits per heavy atom. The SMILES string of the molecule is COC(=O)CC(C)(N[S@+]([O-])C(C)(C)C)c1cccc([N+](=O)[O-])c1Cl. The van der Waals surface area contributed by atoms with Gasteiger partial charge in [0, 0.05) is 23.0 Å².